The predicted molar refractivity (Wildman–Crippen MR) is 82.3 cm³/mol. The summed E-state index contributed by atoms with van der Waals surface area (Å²) in [6, 6.07) is 5.01. The van der Waals surface area contributed by atoms with Gasteiger partial charge in [0.2, 0.25) is 5.91 Å². The Morgan fingerprint density at radius 1 is 1.24 bits per heavy atom. The van der Waals surface area contributed by atoms with Gasteiger partial charge in [0.15, 0.2) is 0 Å². The topological polar surface area (TPSA) is 75.9 Å². The van der Waals surface area contributed by atoms with Gasteiger partial charge in [0, 0.05) is 20.1 Å². The van der Waals surface area contributed by atoms with Crippen molar-refractivity contribution in [3.63, 3.8) is 0 Å². The minimum absolute atomic E-state index is 0.0250. The summed E-state index contributed by atoms with van der Waals surface area (Å²) in [6.07, 6.45) is 0. The number of benzene rings is 1. The lowest BCUT2D eigenvalue weighted by atomic mass is 10.1. The van der Waals surface area contributed by atoms with Gasteiger partial charge in [-0.05, 0) is 26.0 Å². The van der Waals surface area contributed by atoms with Crippen LogP contribution in [0.1, 0.15) is 24.2 Å². The fourth-order valence-electron chi connectivity index (χ4n) is 2.07. The second kappa shape index (κ2) is 7.52. The number of carbonyl (C=O) groups is 2. The van der Waals surface area contributed by atoms with Crippen LogP contribution < -0.4 is 10.5 Å². The van der Waals surface area contributed by atoms with E-state index in [9.17, 15) is 9.59 Å². The summed E-state index contributed by atoms with van der Waals surface area (Å²) in [6.45, 7) is 5.08. The maximum atomic E-state index is 12.4. The Morgan fingerprint density at radius 2 is 1.86 bits per heavy atom. The van der Waals surface area contributed by atoms with Crippen LogP contribution in [-0.2, 0) is 4.79 Å². The van der Waals surface area contributed by atoms with Gasteiger partial charge in [-0.1, -0.05) is 6.07 Å². The van der Waals surface area contributed by atoms with Crippen molar-refractivity contribution in [1.29, 1.82) is 0 Å². The molecule has 0 fully saturated rings. The monoisotopic (exact) mass is 293 g/mol. The van der Waals surface area contributed by atoms with Crippen LogP contribution >= 0.6 is 0 Å². The summed E-state index contributed by atoms with van der Waals surface area (Å²) >= 11 is 0. The lowest BCUT2D eigenvalue weighted by molar-refractivity contribution is -0.131. The Bertz CT molecular complexity index is 513. The van der Waals surface area contributed by atoms with Gasteiger partial charge in [0.25, 0.3) is 5.91 Å². The molecule has 2 amide bonds. The lowest BCUT2D eigenvalue weighted by Crippen LogP contribution is -2.41. The summed E-state index contributed by atoms with van der Waals surface area (Å²) in [5.74, 6) is 0.0635. The minimum atomic E-state index is -0.299. The number of methoxy groups -OCH3 is 1. The van der Waals surface area contributed by atoms with E-state index < -0.39 is 0 Å². The average Bonchev–Trinajstić information content (AvgIpc) is 2.48. The van der Waals surface area contributed by atoms with E-state index in [4.69, 9.17) is 10.5 Å². The Labute approximate surface area is 125 Å². The molecule has 0 radical (unpaired) electrons. The van der Waals surface area contributed by atoms with Crippen LogP contribution in [0.15, 0.2) is 18.2 Å². The third kappa shape index (κ3) is 3.87. The number of rotatable bonds is 6. The van der Waals surface area contributed by atoms with Crippen LogP contribution in [-0.4, -0.2) is 55.4 Å². The van der Waals surface area contributed by atoms with Crippen molar-refractivity contribution in [2.45, 2.75) is 13.8 Å². The van der Waals surface area contributed by atoms with E-state index in [1.54, 1.807) is 30.1 Å². The number of hydrogen-bond donors (Lipinski definition) is 1. The number of nitrogens with zero attached hydrogens (tertiary/aromatic N) is 2. The molecule has 1 aromatic carbocycles. The van der Waals surface area contributed by atoms with Gasteiger partial charge in [-0.15, -0.1) is 0 Å². The molecule has 0 aliphatic heterocycles. The highest BCUT2D eigenvalue weighted by molar-refractivity contribution is 6.01. The van der Waals surface area contributed by atoms with Gasteiger partial charge in [0.05, 0.1) is 24.9 Å². The van der Waals surface area contributed by atoms with E-state index in [2.05, 4.69) is 0 Å². The zero-order valence-corrected chi connectivity index (χ0v) is 13.0. The molecule has 0 aromatic heterocycles. The first-order valence-corrected chi connectivity index (χ1v) is 6.91. The fourth-order valence-corrected chi connectivity index (χ4v) is 2.07. The summed E-state index contributed by atoms with van der Waals surface area (Å²) in [4.78, 5) is 27.5. The number of nitrogens with two attached hydrogens (primary N) is 1. The lowest BCUT2D eigenvalue weighted by Gasteiger charge is -2.23. The van der Waals surface area contributed by atoms with E-state index in [-0.39, 0.29) is 24.0 Å². The molecule has 0 heterocycles. The highest BCUT2D eigenvalue weighted by Gasteiger charge is 2.20. The molecule has 116 valence electrons. The van der Waals surface area contributed by atoms with E-state index >= 15 is 0 Å². The predicted octanol–water partition coefficient (Wildman–Crippen LogP) is 1.22. The second-order valence-electron chi connectivity index (χ2n) is 4.65. The smallest absolute Gasteiger partial charge is 0.256 e. The van der Waals surface area contributed by atoms with Crippen molar-refractivity contribution >= 4 is 17.5 Å². The van der Waals surface area contributed by atoms with E-state index in [1.165, 1.54) is 12.0 Å². The number of nitrogen functional groups attached to an aromatic ring is 1. The first-order valence-electron chi connectivity index (χ1n) is 6.91. The van der Waals surface area contributed by atoms with Crippen LogP contribution in [0.25, 0.3) is 0 Å². The maximum Gasteiger partial charge on any atom is 0.256 e. The molecule has 2 N–H and O–H groups in total. The normalized spacial score (nSPS) is 10.1. The third-order valence-corrected chi connectivity index (χ3v) is 3.35. The van der Waals surface area contributed by atoms with E-state index in [0.717, 1.165) is 0 Å². The Hall–Kier alpha value is -2.24. The summed E-state index contributed by atoms with van der Waals surface area (Å²) in [7, 11) is 3.08. The molecule has 0 saturated carbocycles. The first kappa shape index (κ1) is 16.8. The Morgan fingerprint density at radius 3 is 2.38 bits per heavy atom. The summed E-state index contributed by atoms with van der Waals surface area (Å²) < 4.78 is 5.10. The van der Waals surface area contributed by atoms with Gasteiger partial charge in [-0.25, -0.2) is 0 Å². The fraction of sp³-hybridized carbons (Fsp3) is 0.467. The Kier molecular flexibility index (Phi) is 6.02. The van der Waals surface area contributed by atoms with Crippen LogP contribution in [0.4, 0.5) is 5.69 Å². The molecule has 1 rings (SSSR count). The Balaban J connectivity index is 2.86. The van der Waals surface area contributed by atoms with Crippen LogP contribution in [0.5, 0.6) is 5.75 Å². The van der Waals surface area contributed by atoms with E-state index in [1.807, 2.05) is 13.8 Å². The van der Waals surface area contributed by atoms with Crippen molar-refractivity contribution in [1.82, 2.24) is 9.80 Å². The number of para-hydroxylation sites is 1. The van der Waals surface area contributed by atoms with Crippen molar-refractivity contribution in [2.24, 2.45) is 0 Å². The number of ether oxygens (including phenoxy) is 1. The van der Waals surface area contributed by atoms with Crippen molar-refractivity contribution < 1.29 is 14.3 Å². The molecular weight excluding hydrogens is 270 g/mol. The van der Waals surface area contributed by atoms with Crippen molar-refractivity contribution in [3.8, 4) is 5.75 Å². The van der Waals surface area contributed by atoms with Gasteiger partial charge in [-0.3, -0.25) is 9.59 Å². The highest BCUT2D eigenvalue weighted by Crippen LogP contribution is 2.25. The largest absolute Gasteiger partial charge is 0.495 e. The van der Waals surface area contributed by atoms with Crippen molar-refractivity contribution in [2.75, 3.05) is 39.5 Å². The average molecular weight is 293 g/mol. The van der Waals surface area contributed by atoms with Gasteiger partial charge in [-0.2, -0.15) is 0 Å². The van der Waals surface area contributed by atoms with Crippen LogP contribution in [0, 0.1) is 0 Å². The number of hydrogen-bond acceptors (Lipinski definition) is 4. The van der Waals surface area contributed by atoms with Crippen LogP contribution in [0.3, 0.4) is 0 Å². The zero-order valence-electron chi connectivity index (χ0n) is 13.0. The molecule has 0 saturated heterocycles. The highest BCUT2D eigenvalue weighted by atomic mass is 16.5. The molecule has 21 heavy (non-hydrogen) atoms. The zero-order chi connectivity index (χ0) is 16.0. The SMILES string of the molecule is CCN(CC)C(=O)CN(C)C(=O)c1cccc(OC)c1N. The molecule has 0 aliphatic carbocycles. The molecule has 6 nitrogen and oxygen atoms in total. The summed E-state index contributed by atoms with van der Waals surface area (Å²) in [5.41, 5.74) is 6.53. The number of likely N-dealkylation sites (N-methyl/N-ethyl adjacent to an activating group) is 2. The van der Waals surface area contributed by atoms with E-state index in [0.29, 0.717) is 24.4 Å². The minimum Gasteiger partial charge on any atom is -0.495 e. The molecule has 0 unspecified atom stereocenters. The third-order valence-electron chi connectivity index (χ3n) is 3.35. The number of carbonyl (C=O) groups excluding carboxylic acids is 2. The quantitative estimate of drug-likeness (QED) is 0.800. The number of amides is 2. The molecule has 0 spiro atoms. The molecular formula is C15H23N3O3. The van der Waals surface area contributed by atoms with Crippen LogP contribution in [0.2, 0.25) is 0 Å². The molecule has 0 aliphatic rings. The maximum absolute atomic E-state index is 12.4. The summed E-state index contributed by atoms with van der Waals surface area (Å²) in [5, 5.41) is 0. The van der Waals surface area contributed by atoms with Gasteiger partial charge >= 0.3 is 0 Å². The standard InChI is InChI=1S/C15H23N3O3/c1-5-18(6-2)13(19)10-17(3)15(20)11-8-7-9-12(21-4)14(11)16/h7-9H,5-6,10,16H2,1-4H3. The number of anilines is 1. The molecule has 1 aromatic rings. The molecule has 6 heteroatoms. The van der Waals surface area contributed by atoms with Gasteiger partial charge in [0.1, 0.15) is 5.75 Å². The molecule has 0 atom stereocenters. The second-order valence-corrected chi connectivity index (χ2v) is 4.65. The first-order chi connectivity index (χ1) is 9.96. The van der Waals surface area contributed by atoms with Gasteiger partial charge < -0.3 is 20.3 Å². The van der Waals surface area contributed by atoms with Crippen molar-refractivity contribution in [3.05, 3.63) is 23.8 Å². The molecule has 0 bridgehead atoms.